The first-order valence-corrected chi connectivity index (χ1v) is 14.5. The second-order valence-electron chi connectivity index (χ2n) is 8.37. The number of esters is 1. The average molecular weight is 517 g/mol. The molecule has 3 rings (SSSR count). The summed E-state index contributed by atoms with van der Waals surface area (Å²) in [6.45, 7) is 4.12. The number of amides is 1. The minimum atomic E-state index is -3.32. The van der Waals surface area contributed by atoms with E-state index in [-0.39, 0.29) is 37.5 Å². The fourth-order valence-electron chi connectivity index (χ4n) is 3.73. The molecule has 2 aromatic carbocycles. The summed E-state index contributed by atoms with van der Waals surface area (Å²) in [6, 6.07) is 15.1. The number of rotatable bonds is 12. The van der Waals surface area contributed by atoms with Crippen LogP contribution in [0, 0.1) is 0 Å². The lowest BCUT2D eigenvalue weighted by atomic mass is 10.1. The molecule has 0 aliphatic carbocycles. The second kappa shape index (κ2) is 12.8. The maximum Gasteiger partial charge on any atom is 0.326 e. The molecule has 9 heteroatoms. The van der Waals surface area contributed by atoms with Crippen molar-refractivity contribution in [2.24, 2.45) is 4.99 Å². The number of nitrogens with zero attached hydrogens (tertiary/aromatic N) is 2. The molecule has 0 fully saturated rings. The number of carbonyl (C=O) groups excluding carboxylic acids is 2. The Labute approximate surface area is 210 Å². The van der Waals surface area contributed by atoms with Crippen LogP contribution in [0.15, 0.2) is 53.5 Å². The predicted molar refractivity (Wildman–Crippen MR) is 139 cm³/mol. The molecule has 0 bridgehead atoms. The van der Waals surface area contributed by atoms with Crippen LogP contribution in [-0.4, -0.2) is 37.2 Å². The van der Waals surface area contributed by atoms with Gasteiger partial charge in [0.1, 0.15) is 6.54 Å². The molecule has 0 saturated carbocycles. The van der Waals surface area contributed by atoms with Gasteiger partial charge in [0.15, 0.2) is 14.6 Å². The number of benzene rings is 2. The van der Waals surface area contributed by atoms with Crippen LogP contribution < -0.4 is 4.80 Å². The second-order valence-corrected chi connectivity index (χ2v) is 11.6. The maximum atomic E-state index is 12.6. The third-order valence-corrected chi connectivity index (χ3v) is 8.18. The quantitative estimate of drug-likeness (QED) is 0.332. The third kappa shape index (κ3) is 8.14. The highest BCUT2D eigenvalue weighted by Gasteiger charge is 2.15. The number of ether oxygens (including phenoxy) is 1. The van der Waals surface area contributed by atoms with E-state index in [0.717, 1.165) is 35.0 Å². The summed E-state index contributed by atoms with van der Waals surface area (Å²) in [5, 5.41) is 0. The van der Waals surface area contributed by atoms with Gasteiger partial charge in [-0.05, 0) is 49.4 Å². The molecule has 1 heterocycles. The van der Waals surface area contributed by atoms with E-state index in [0.29, 0.717) is 4.80 Å². The highest BCUT2D eigenvalue weighted by molar-refractivity contribution is 7.90. The van der Waals surface area contributed by atoms with Gasteiger partial charge in [-0.15, -0.1) is 0 Å². The number of aryl methyl sites for hydroxylation is 1. The van der Waals surface area contributed by atoms with E-state index in [1.807, 2.05) is 18.2 Å². The minimum absolute atomic E-state index is 0.0173. The standard InChI is InChI=1S/C26H32N2O5S2/c1-3-5-10-20-14-15-22-23(17-20)34-26(28(22)18-25(30)33-4-2)27-24(29)13-9-16-35(31,32)19-21-11-7-6-8-12-21/h6-8,11-12,14-15,17H,3-5,9-10,13,16,18-19H2,1-2H3. The van der Waals surface area contributed by atoms with Crippen LogP contribution in [0.3, 0.4) is 0 Å². The number of fused-ring (bicyclic) bond motifs is 1. The Hall–Kier alpha value is -2.78. The molecule has 1 aromatic heterocycles. The summed E-state index contributed by atoms with van der Waals surface area (Å²) in [4.78, 5) is 29.5. The first-order valence-electron chi connectivity index (χ1n) is 11.9. The van der Waals surface area contributed by atoms with Gasteiger partial charge in [-0.2, -0.15) is 4.99 Å². The van der Waals surface area contributed by atoms with Crippen LogP contribution in [0.4, 0.5) is 0 Å². The van der Waals surface area contributed by atoms with Crippen LogP contribution in [-0.2, 0) is 42.9 Å². The number of sulfone groups is 1. The van der Waals surface area contributed by atoms with Crippen LogP contribution in [0.5, 0.6) is 0 Å². The molecule has 3 aromatic rings. The normalized spacial score (nSPS) is 12.2. The van der Waals surface area contributed by atoms with Crippen molar-refractivity contribution in [3.05, 3.63) is 64.5 Å². The molecular weight excluding hydrogens is 484 g/mol. The van der Waals surface area contributed by atoms with Gasteiger partial charge in [0.2, 0.25) is 5.91 Å². The molecule has 7 nitrogen and oxygen atoms in total. The molecule has 35 heavy (non-hydrogen) atoms. The lowest BCUT2D eigenvalue weighted by molar-refractivity contribution is -0.143. The zero-order valence-corrected chi connectivity index (χ0v) is 21.9. The lowest BCUT2D eigenvalue weighted by Crippen LogP contribution is -2.23. The van der Waals surface area contributed by atoms with Gasteiger partial charge in [0.05, 0.1) is 28.3 Å². The van der Waals surface area contributed by atoms with Crippen molar-refractivity contribution in [2.45, 2.75) is 58.2 Å². The summed E-state index contributed by atoms with van der Waals surface area (Å²) >= 11 is 1.35. The fraction of sp³-hybridized carbons (Fsp3) is 0.423. The van der Waals surface area contributed by atoms with Crippen LogP contribution in [0.25, 0.3) is 10.2 Å². The van der Waals surface area contributed by atoms with Gasteiger partial charge in [0, 0.05) is 6.42 Å². The lowest BCUT2D eigenvalue weighted by Gasteiger charge is -2.06. The summed E-state index contributed by atoms with van der Waals surface area (Å²) in [6.07, 6.45) is 3.36. The molecule has 1 amide bonds. The fourth-order valence-corrected chi connectivity index (χ4v) is 6.27. The van der Waals surface area contributed by atoms with Gasteiger partial charge in [0.25, 0.3) is 0 Å². The van der Waals surface area contributed by atoms with Crippen LogP contribution in [0.2, 0.25) is 0 Å². The highest BCUT2D eigenvalue weighted by atomic mass is 32.2. The average Bonchev–Trinajstić information content (AvgIpc) is 3.13. The van der Waals surface area contributed by atoms with E-state index in [2.05, 4.69) is 18.0 Å². The monoisotopic (exact) mass is 516 g/mol. The topological polar surface area (TPSA) is 94.8 Å². The Morgan fingerprint density at radius 3 is 2.51 bits per heavy atom. The molecule has 0 atom stereocenters. The first kappa shape index (κ1) is 26.8. The van der Waals surface area contributed by atoms with Crippen molar-refractivity contribution < 1.29 is 22.7 Å². The number of carbonyl (C=O) groups is 2. The zero-order chi connectivity index (χ0) is 25.3. The zero-order valence-electron chi connectivity index (χ0n) is 20.2. The van der Waals surface area contributed by atoms with Crippen molar-refractivity contribution in [1.29, 1.82) is 0 Å². The van der Waals surface area contributed by atoms with Crippen molar-refractivity contribution in [3.8, 4) is 0 Å². The Kier molecular flexibility index (Phi) is 9.80. The van der Waals surface area contributed by atoms with Crippen molar-refractivity contribution in [3.63, 3.8) is 0 Å². The van der Waals surface area contributed by atoms with Crippen molar-refractivity contribution in [1.82, 2.24) is 4.57 Å². The summed E-state index contributed by atoms with van der Waals surface area (Å²) < 4.78 is 32.6. The summed E-state index contributed by atoms with van der Waals surface area (Å²) in [5.74, 6) is -0.937. The van der Waals surface area contributed by atoms with Gasteiger partial charge in [-0.3, -0.25) is 9.59 Å². The maximum absolute atomic E-state index is 12.6. The molecule has 0 unspecified atom stereocenters. The van der Waals surface area contributed by atoms with Crippen LogP contribution >= 0.6 is 11.3 Å². The molecule has 0 aliphatic rings. The Morgan fingerprint density at radius 2 is 1.80 bits per heavy atom. The molecule has 0 saturated heterocycles. The van der Waals surface area contributed by atoms with E-state index in [1.54, 1.807) is 35.8 Å². The third-order valence-electron chi connectivity index (χ3n) is 5.45. The van der Waals surface area contributed by atoms with E-state index in [9.17, 15) is 18.0 Å². The van der Waals surface area contributed by atoms with Crippen molar-refractivity contribution >= 4 is 43.3 Å². The summed E-state index contributed by atoms with van der Waals surface area (Å²) in [7, 11) is -3.32. The van der Waals surface area contributed by atoms with Gasteiger partial charge in [-0.1, -0.05) is 61.1 Å². The first-order chi connectivity index (χ1) is 16.8. The largest absolute Gasteiger partial charge is 0.465 e. The van der Waals surface area contributed by atoms with E-state index in [4.69, 9.17) is 4.74 Å². The Bertz CT molecular complexity index is 1320. The van der Waals surface area contributed by atoms with E-state index in [1.165, 1.54) is 16.9 Å². The molecular formula is C26H32N2O5S2. The predicted octanol–water partition coefficient (Wildman–Crippen LogP) is 4.43. The number of aromatic nitrogens is 1. The van der Waals surface area contributed by atoms with Crippen LogP contribution in [0.1, 0.15) is 50.7 Å². The minimum Gasteiger partial charge on any atom is -0.465 e. The number of hydrogen-bond donors (Lipinski definition) is 0. The Balaban J connectivity index is 1.76. The molecule has 188 valence electrons. The molecule has 0 radical (unpaired) electrons. The van der Waals surface area contributed by atoms with Gasteiger partial charge < -0.3 is 9.30 Å². The summed E-state index contributed by atoms with van der Waals surface area (Å²) in [5.41, 5.74) is 2.75. The van der Waals surface area contributed by atoms with E-state index < -0.39 is 21.7 Å². The van der Waals surface area contributed by atoms with Crippen molar-refractivity contribution in [2.75, 3.05) is 12.4 Å². The molecule has 0 aliphatic heterocycles. The smallest absolute Gasteiger partial charge is 0.326 e. The highest BCUT2D eigenvalue weighted by Crippen LogP contribution is 2.21. The van der Waals surface area contributed by atoms with Gasteiger partial charge in [-0.25, -0.2) is 8.42 Å². The molecule has 0 spiro atoms. The van der Waals surface area contributed by atoms with Gasteiger partial charge >= 0.3 is 5.97 Å². The SMILES string of the molecule is CCCCc1ccc2c(c1)sc(=NC(=O)CCCS(=O)(=O)Cc1ccccc1)n2CC(=O)OCC. The van der Waals surface area contributed by atoms with E-state index >= 15 is 0 Å². The number of thiazole rings is 1. The number of hydrogen-bond acceptors (Lipinski definition) is 6. The molecule has 0 N–H and O–H groups in total. The Morgan fingerprint density at radius 1 is 1.03 bits per heavy atom. The number of unbranched alkanes of at least 4 members (excludes halogenated alkanes) is 1.